The van der Waals surface area contributed by atoms with Crippen LogP contribution in [-0.2, 0) is 5.54 Å². The first-order chi connectivity index (χ1) is 8.71. The van der Waals surface area contributed by atoms with Gasteiger partial charge in [-0.15, -0.1) is 0 Å². The Kier molecular flexibility index (Phi) is 3.52. The van der Waals surface area contributed by atoms with Gasteiger partial charge in [-0.1, -0.05) is 19.9 Å². The number of rotatable bonds is 3. The number of fused-ring (bicyclic) bond motifs is 1. The zero-order chi connectivity index (χ0) is 14.3. The van der Waals surface area contributed by atoms with Crippen molar-refractivity contribution >= 4 is 0 Å². The van der Waals surface area contributed by atoms with Gasteiger partial charge in [0.2, 0.25) is 0 Å². The van der Waals surface area contributed by atoms with E-state index in [-0.39, 0.29) is 5.60 Å². The molecule has 0 amide bonds. The van der Waals surface area contributed by atoms with E-state index in [0.717, 1.165) is 23.5 Å². The Hall–Kier alpha value is -1.22. The first-order valence-electron chi connectivity index (χ1n) is 6.95. The fourth-order valence-electron chi connectivity index (χ4n) is 2.84. The fraction of sp³-hybridized carbons (Fsp3) is 0.625. The van der Waals surface area contributed by atoms with Gasteiger partial charge in [-0.25, -0.2) is 0 Å². The Bertz CT molecular complexity index is 464. The van der Waals surface area contributed by atoms with Crippen molar-refractivity contribution in [2.24, 2.45) is 11.7 Å². The quantitative estimate of drug-likeness (QED) is 0.908. The minimum atomic E-state index is -0.426. The van der Waals surface area contributed by atoms with Gasteiger partial charge >= 0.3 is 0 Å². The molecule has 2 rings (SSSR count). The molecule has 19 heavy (non-hydrogen) atoms. The molecule has 1 heterocycles. The lowest BCUT2D eigenvalue weighted by Gasteiger charge is -2.42. The highest BCUT2D eigenvalue weighted by atomic mass is 16.5. The third kappa shape index (κ3) is 3.03. The molecule has 106 valence electrons. The van der Waals surface area contributed by atoms with E-state index in [1.165, 1.54) is 0 Å². The largest absolute Gasteiger partial charge is 0.493 e. The number of ether oxygens (including phenoxy) is 2. The SMILES string of the molecule is CC(C)COc1cccc2c1C(C)(N)CC(C)(C)O2. The molecule has 0 bridgehead atoms. The molecule has 3 nitrogen and oxygen atoms in total. The molecule has 1 aromatic rings. The van der Waals surface area contributed by atoms with E-state index in [1.807, 2.05) is 18.2 Å². The van der Waals surface area contributed by atoms with Crippen LogP contribution in [0.1, 0.15) is 46.6 Å². The molecule has 1 unspecified atom stereocenters. The molecule has 1 aliphatic heterocycles. The molecule has 0 spiro atoms. The summed E-state index contributed by atoms with van der Waals surface area (Å²) in [6, 6.07) is 5.92. The Morgan fingerprint density at radius 3 is 2.63 bits per heavy atom. The van der Waals surface area contributed by atoms with Crippen LogP contribution in [0.5, 0.6) is 11.5 Å². The van der Waals surface area contributed by atoms with Crippen LogP contribution in [0, 0.1) is 5.92 Å². The van der Waals surface area contributed by atoms with Crippen molar-refractivity contribution in [1.82, 2.24) is 0 Å². The molecule has 1 aromatic carbocycles. The van der Waals surface area contributed by atoms with Gasteiger partial charge in [0.25, 0.3) is 0 Å². The normalized spacial score (nSPS) is 24.8. The molecule has 0 aliphatic carbocycles. The average molecular weight is 263 g/mol. The van der Waals surface area contributed by atoms with Crippen molar-refractivity contribution in [3.63, 3.8) is 0 Å². The molecule has 0 fully saturated rings. The predicted octanol–water partition coefficient (Wildman–Crippen LogP) is 3.46. The number of hydrogen-bond donors (Lipinski definition) is 1. The van der Waals surface area contributed by atoms with Gasteiger partial charge in [-0.05, 0) is 38.8 Å². The minimum Gasteiger partial charge on any atom is -0.493 e. The van der Waals surface area contributed by atoms with Gasteiger partial charge in [-0.2, -0.15) is 0 Å². The zero-order valence-electron chi connectivity index (χ0n) is 12.6. The lowest BCUT2D eigenvalue weighted by molar-refractivity contribution is 0.0482. The van der Waals surface area contributed by atoms with Crippen molar-refractivity contribution in [2.45, 2.75) is 52.2 Å². The predicted molar refractivity (Wildman–Crippen MR) is 77.6 cm³/mol. The second-order valence-electron chi connectivity index (χ2n) is 6.79. The zero-order valence-corrected chi connectivity index (χ0v) is 12.6. The average Bonchev–Trinajstić information content (AvgIpc) is 2.22. The molecule has 0 saturated heterocycles. The summed E-state index contributed by atoms with van der Waals surface area (Å²) >= 11 is 0. The van der Waals surface area contributed by atoms with Crippen LogP contribution in [0.3, 0.4) is 0 Å². The van der Waals surface area contributed by atoms with Crippen molar-refractivity contribution in [2.75, 3.05) is 6.61 Å². The summed E-state index contributed by atoms with van der Waals surface area (Å²) in [7, 11) is 0. The maximum Gasteiger partial charge on any atom is 0.128 e. The van der Waals surface area contributed by atoms with Crippen LogP contribution in [0.25, 0.3) is 0 Å². The topological polar surface area (TPSA) is 44.5 Å². The third-order valence-electron chi connectivity index (χ3n) is 3.31. The van der Waals surface area contributed by atoms with Crippen LogP contribution < -0.4 is 15.2 Å². The summed E-state index contributed by atoms with van der Waals surface area (Å²) in [4.78, 5) is 0. The van der Waals surface area contributed by atoms with E-state index in [1.54, 1.807) is 0 Å². The molecule has 1 aliphatic rings. The highest BCUT2D eigenvalue weighted by Gasteiger charge is 2.41. The summed E-state index contributed by atoms with van der Waals surface area (Å²) in [5, 5.41) is 0. The molecule has 0 aromatic heterocycles. The summed E-state index contributed by atoms with van der Waals surface area (Å²) < 4.78 is 12.0. The second-order valence-corrected chi connectivity index (χ2v) is 6.79. The highest BCUT2D eigenvalue weighted by Crippen LogP contribution is 2.46. The van der Waals surface area contributed by atoms with Crippen LogP contribution >= 0.6 is 0 Å². The standard InChI is InChI=1S/C16H25NO2/c1-11(2)9-18-12-7-6-8-13-14(12)16(5,17)10-15(3,4)19-13/h6-8,11H,9-10,17H2,1-5H3. The van der Waals surface area contributed by atoms with Gasteiger partial charge in [0, 0.05) is 12.0 Å². The third-order valence-corrected chi connectivity index (χ3v) is 3.31. The first kappa shape index (κ1) is 14.2. The van der Waals surface area contributed by atoms with Crippen LogP contribution in [0.15, 0.2) is 18.2 Å². The van der Waals surface area contributed by atoms with Gasteiger partial charge in [0.15, 0.2) is 0 Å². The molecule has 2 N–H and O–H groups in total. The molecule has 0 saturated carbocycles. The van der Waals surface area contributed by atoms with E-state index in [0.29, 0.717) is 12.5 Å². The highest BCUT2D eigenvalue weighted by molar-refractivity contribution is 5.51. The maximum atomic E-state index is 6.51. The van der Waals surface area contributed by atoms with Crippen LogP contribution in [-0.4, -0.2) is 12.2 Å². The van der Waals surface area contributed by atoms with E-state index < -0.39 is 5.54 Å². The minimum absolute atomic E-state index is 0.243. The molecule has 3 heteroatoms. The molecule has 0 radical (unpaired) electrons. The lowest BCUT2D eigenvalue weighted by Crippen LogP contribution is -2.48. The molecule has 1 atom stereocenters. The summed E-state index contributed by atoms with van der Waals surface area (Å²) in [5.41, 5.74) is 6.84. The van der Waals surface area contributed by atoms with Gasteiger partial charge in [-0.3, -0.25) is 0 Å². The van der Waals surface area contributed by atoms with Crippen LogP contribution in [0.4, 0.5) is 0 Å². The Labute approximate surface area is 116 Å². The first-order valence-corrected chi connectivity index (χ1v) is 6.95. The Morgan fingerprint density at radius 2 is 2.00 bits per heavy atom. The summed E-state index contributed by atoms with van der Waals surface area (Å²) in [6.07, 6.45) is 0.773. The van der Waals surface area contributed by atoms with Gasteiger partial charge in [0.1, 0.15) is 17.1 Å². The van der Waals surface area contributed by atoms with Crippen molar-refractivity contribution in [1.29, 1.82) is 0 Å². The van der Waals surface area contributed by atoms with Crippen LogP contribution in [0.2, 0.25) is 0 Å². The smallest absolute Gasteiger partial charge is 0.128 e. The van der Waals surface area contributed by atoms with Gasteiger partial charge < -0.3 is 15.2 Å². The molecular formula is C16H25NO2. The van der Waals surface area contributed by atoms with Crippen molar-refractivity contribution in [3.05, 3.63) is 23.8 Å². The van der Waals surface area contributed by atoms with E-state index in [9.17, 15) is 0 Å². The van der Waals surface area contributed by atoms with E-state index in [4.69, 9.17) is 15.2 Å². The maximum absolute atomic E-state index is 6.51. The van der Waals surface area contributed by atoms with Crippen molar-refractivity contribution in [3.8, 4) is 11.5 Å². The van der Waals surface area contributed by atoms with E-state index >= 15 is 0 Å². The Morgan fingerprint density at radius 1 is 1.32 bits per heavy atom. The van der Waals surface area contributed by atoms with Crippen molar-refractivity contribution < 1.29 is 9.47 Å². The lowest BCUT2D eigenvalue weighted by atomic mass is 9.79. The number of hydrogen-bond acceptors (Lipinski definition) is 3. The van der Waals surface area contributed by atoms with Gasteiger partial charge in [0.05, 0.1) is 12.2 Å². The molecular weight excluding hydrogens is 238 g/mol. The number of benzene rings is 1. The Balaban J connectivity index is 2.40. The summed E-state index contributed by atoms with van der Waals surface area (Å²) in [6.45, 7) is 11.2. The fourth-order valence-corrected chi connectivity index (χ4v) is 2.84. The second kappa shape index (κ2) is 4.71. The summed E-state index contributed by atoms with van der Waals surface area (Å²) in [5.74, 6) is 2.19. The monoisotopic (exact) mass is 263 g/mol. The number of nitrogens with two attached hydrogens (primary N) is 1. The van der Waals surface area contributed by atoms with E-state index in [2.05, 4.69) is 34.6 Å².